The molecule has 0 spiro atoms. The van der Waals surface area contributed by atoms with Gasteiger partial charge in [0.2, 0.25) is 3.84 Å². The van der Waals surface area contributed by atoms with E-state index in [4.69, 9.17) is 0 Å². The van der Waals surface area contributed by atoms with Gasteiger partial charge < -0.3 is 0 Å². The topological polar surface area (TPSA) is 49.1 Å². The summed E-state index contributed by atoms with van der Waals surface area (Å²) in [6.45, 7) is 5.00. The molecule has 0 fully saturated rings. The number of halogens is 1. The van der Waals surface area contributed by atoms with Crippen LogP contribution in [0.4, 0.5) is 0 Å². The Hall–Kier alpha value is -0.460. The number of amidine groups is 1. The Morgan fingerprint density at radius 2 is 2.44 bits per heavy atom. The summed E-state index contributed by atoms with van der Waals surface area (Å²) in [6.07, 6.45) is 1.59. The van der Waals surface area contributed by atoms with Crippen LogP contribution in [0.5, 0.6) is 0 Å². The summed E-state index contributed by atoms with van der Waals surface area (Å²) in [4.78, 5) is 0. The fourth-order valence-corrected chi connectivity index (χ4v) is 0.491. The quantitative estimate of drug-likeness (QED) is 0.252. The Bertz CT molecular complexity index is 140. The minimum atomic E-state index is 0.598. The van der Waals surface area contributed by atoms with E-state index in [0.717, 1.165) is 0 Å². The smallest absolute Gasteiger partial charge is 0.206 e. The molecule has 0 bridgehead atoms. The molecular formula is C4H7IN4. The van der Waals surface area contributed by atoms with Gasteiger partial charge in [-0.15, -0.1) is 5.10 Å². The van der Waals surface area contributed by atoms with Gasteiger partial charge in [-0.3, -0.25) is 5.43 Å². The third-order valence-corrected chi connectivity index (χ3v) is 0.889. The number of nitrogens with one attached hydrogen (secondary N) is 1. The zero-order valence-electron chi connectivity index (χ0n) is 5.00. The summed E-state index contributed by atoms with van der Waals surface area (Å²) in [7, 11) is 0. The average molecular weight is 238 g/mol. The van der Waals surface area contributed by atoms with E-state index in [1.807, 2.05) is 22.6 Å². The van der Waals surface area contributed by atoms with E-state index in [0.29, 0.717) is 3.84 Å². The van der Waals surface area contributed by atoms with E-state index in [1.165, 1.54) is 0 Å². The van der Waals surface area contributed by atoms with Gasteiger partial charge >= 0.3 is 0 Å². The van der Waals surface area contributed by atoms with Crippen LogP contribution in [-0.2, 0) is 0 Å². The zero-order chi connectivity index (χ0) is 7.11. The van der Waals surface area contributed by atoms with Crippen LogP contribution in [0.1, 0.15) is 6.92 Å². The van der Waals surface area contributed by atoms with Gasteiger partial charge in [0.1, 0.15) is 0 Å². The number of hydrazone groups is 1. The molecule has 0 atom stereocenters. The number of rotatable bonds is 2. The molecule has 0 unspecified atom stereocenters. The summed E-state index contributed by atoms with van der Waals surface area (Å²) in [5, 5.41) is 10.6. The minimum absolute atomic E-state index is 0.598. The predicted octanol–water partition coefficient (Wildman–Crippen LogP) is 0.988. The van der Waals surface area contributed by atoms with Gasteiger partial charge in [0.15, 0.2) is 0 Å². The fraction of sp³-hybridized carbons (Fsp3) is 0.250. The monoisotopic (exact) mass is 238 g/mol. The van der Waals surface area contributed by atoms with Gasteiger partial charge in [0.25, 0.3) is 0 Å². The van der Waals surface area contributed by atoms with Crippen molar-refractivity contribution in [1.29, 1.82) is 0 Å². The second-order valence-corrected chi connectivity index (χ2v) is 2.06. The van der Waals surface area contributed by atoms with E-state index < -0.39 is 0 Å². The Kier molecular flexibility index (Phi) is 5.38. The van der Waals surface area contributed by atoms with E-state index in [-0.39, 0.29) is 0 Å². The first-order chi connectivity index (χ1) is 4.31. The Morgan fingerprint density at radius 1 is 1.78 bits per heavy atom. The van der Waals surface area contributed by atoms with Crippen LogP contribution in [0.25, 0.3) is 0 Å². The highest BCUT2D eigenvalue weighted by Crippen LogP contribution is 1.85. The molecule has 0 amide bonds. The summed E-state index contributed by atoms with van der Waals surface area (Å²) in [6, 6.07) is 0. The molecule has 1 N–H and O–H groups in total. The van der Waals surface area contributed by atoms with Gasteiger partial charge in [0, 0.05) is 35.5 Å². The van der Waals surface area contributed by atoms with E-state index in [9.17, 15) is 0 Å². The number of nitrogens with zero attached hydrogens (tertiary/aromatic N) is 3. The highest BCUT2D eigenvalue weighted by Gasteiger charge is 1.82. The molecule has 0 radical (unpaired) electrons. The summed E-state index contributed by atoms with van der Waals surface area (Å²) >= 11 is 1.96. The van der Waals surface area contributed by atoms with E-state index in [1.54, 1.807) is 13.1 Å². The van der Waals surface area contributed by atoms with Gasteiger partial charge in [-0.2, -0.15) is 10.2 Å². The molecule has 4 nitrogen and oxygen atoms in total. The SMILES string of the molecule is C=NNC(I)=N/N=C/C. The van der Waals surface area contributed by atoms with Gasteiger partial charge in [-0.05, 0) is 6.92 Å². The molecule has 0 aromatic rings. The van der Waals surface area contributed by atoms with Crippen molar-refractivity contribution >= 4 is 39.4 Å². The van der Waals surface area contributed by atoms with Crippen LogP contribution in [0.3, 0.4) is 0 Å². The Balaban J connectivity index is 3.68. The van der Waals surface area contributed by atoms with E-state index in [2.05, 4.69) is 27.4 Å². The molecule has 0 aromatic heterocycles. The molecule has 0 aromatic carbocycles. The maximum Gasteiger partial charge on any atom is 0.206 e. The lowest BCUT2D eigenvalue weighted by Gasteiger charge is -1.88. The van der Waals surface area contributed by atoms with Crippen LogP contribution >= 0.6 is 22.6 Å². The third-order valence-electron chi connectivity index (χ3n) is 0.432. The first kappa shape index (κ1) is 8.54. The van der Waals surface area contributed by atoms with Crippen molar-refractivity contribution in [2.24, 2.45) is 15.3 Å². The van der Waals surface area contributed by atoms with Crippen LogP contribution in [0.2, 0.25) is 0 Å². The Morgan fingerprint density at radius 3 is 2.89 bits per heavy atom. The summed E-state index contributed by atoms with van der Waals surface area (Å²) in [5.74, 6) is 0. The van der Waals surface area contributed by atoms with Crippen molar-refractivity contribution in [3.63, 3.8) is 0 Å². The van der Waals surface area contributed by atoms with Gasteiger partial charge in [0.05, 0.1) is 0 Å². The molecule has 9 heavy (non-hydrogen) atoms. The maximum absolute atomic E-state index is 3.66. The Labute approximate surface area is 67.3 Å². The van der Waals surface area contributed by atoms with Crippen molar-refractivity contribution in [3.05, 3.63) is 0 Å². The normalized spacial score (nSPS) is 12.0. The lowest BCUT2D eigenvalue weighted by atomic mass is 10.9. The van der Waals surface area contributed by atoms with Gasteiger partial charge in [-0.25, -0.2) is 0 Å². The third kappa shape index (κ3) is 5.41. The van der Waals surface area contributed by atoms with Crippen molar-refractivity contribution in [3.8, 4) is 0 Å². The first-order valence-electron chi connectivity index (χ1n) is 2.24. The summed E-state index contributed by atoms with van der Waals surface area (Å²) < 4.78 is 0.598. The number of hydrogen-bond acceptors (Lipinski definition) is 3. The molecule has 0 aliphatic rings. The van der Waals surface area contributed by atoms with Crippen LogP contribution < -0.4 is 5.43 Å². The molecule has 5 heteroatoms. The fourth-order valence-electron chi connectivity index (χ4n) is 0.196. The van der Waals surface area contributed by atoms with Crippen molar-refractivity contribution < 1.29 is 0 Å². The zero-order valence-corrected chi connectivity index (χ0v) is 7.16. The second kappa shape index (κ2) is 5.67. The van der Waals surface area contributed by atoms with Gasteiger partial charge in [-0.1, -0.05) is 0 Å². The van der Waals surface area contributed by atoms with E-state index >= 15 is 0 Å². The maximum atomic E-state index is 3.66. The number of hydrogen-bond donors (Lipinski definition) is 1. The van der Waals surface area contributed by atoms with Crippen molar-refractivity contribution in [1.82, 2.24) is 5.43 Å². The molecule has 0 aliphatic carbocycles. The minimum Gasteiger partial charge on any atom is -0.255 e. The predicted molar refractivity (Wildman–Crippen MR) is 48.3 cm³/mol. The van der Waals surface area contributed by atoms with Crippen LogP contribution in [-0.4, -0.2) is 16.8 Å². The van der Waals surface area contributed by atoms with Crippen molar-refractivity contribution in [2.45, 2.75) is 6.92 Å². The summed E-state index contributed by atoms with van der Waals surface area (Å²) in [5.41, 5.74) is 2.52. The molecule has 0 saturated heterocycles. The average Bonchev–Trinajstić information content (AvgIpc) is 1.85. The molecule has 0 rings (SSSR count). The highest BCUT2D eigenvalue weighted by atomic mass is 127. The highest BCUT2D eigenvalue weighted by molar-refractivity contribution is 14.1. The molecule has 0 saturated carbocycles. The largest absolute Gasteiger partial charge is 0.255 e. The van der Waals surface area contributed by atoms with Crippen LogP contribution in [0, 0.1) is 0 Å². The molecular weight excluding hydrogens is 231 g/mol. The second-order valence-electron chi connectivity index (χ2n) is 1.03. The van der Waals surface area contributed by atoms with Crippen molar-refractivity contribution in [2.75, 3.05) is 0 Å². The lowest BCUT2D eigenvalue weighted by molar-refractivity contribution is 1.05. The molecule has 0 heterocycles. The van der Waals surface area contributed by atoms with Crippen LogP contribution in [0.15, 0.2) is 15.3 Å². The first-order valence-corrected chi connectivity index (χ1v) is 3.32. The lowest BCUT2D eigenvalue weighted by Crippen LogP contribution is -2.07. The molecule has 50 valence electrons. The standard InChI is InChI=1S/C4H7IN4/c1-3-7-9-4(5)8-6-2/h3H,2H2,1H3,(H,8,9)/b7-3+. The molecule has 0 aliphatic heterocycles.